The van der Waals surface area contributed by atoms with Gasteiger partial charge < -0.3 is 10.2 Å². The fourth-order valence-corrected chi connectivity index (χ4v) is 3.71. The summed E-state index contributed by atoms with van der Waals surface area (Å²) in [5, 5.41) is 2.82. The maximum Gasteiger partial charge on any atom is 0.253 e. The van der Waals surface area contributed by atoms with Gasteiger partial charge in [-0.1, -0.05) is 12.1 Å². The molecule has 0 bridgehead atoms. The molecule has 24 heavy (non-hydrogen) atoms. The quantitative estimate of drug-likeness (QED) is 0.846. The van der Waals surface area contributed by atoms with Gasteiger partial charge in [-0.05, 0) is 42.2 Å². The van der Waals surface area contributed by atoms with Crippen LogP contribution in [0.3, 0.4) is 0 Å². The van der Waals surface area contributed by atoms with Crippen LogP contribution in [0.4, 0.5) is 5.69 Å². The van der Waals surface area contributed by atoms with Crippen LogP contribution in [0, 0.1) is 0 Å². The van der Waals surface area contributed by atoms with E-state index >= 15 is 0 Å². The molecule has 0 aromatic heterocycles. The van der Waals surface area contributed by atoms with Gasteiger partial charge >= 0.3 is 0 Å². The molecule has 0 aliphatic carbocycles. The highest BCUT2D eigenvalue weighted by Crippen LogP contribution is 2.32. The first-order chi connectivity index (χ1) is 11.6. The number of carbonyl (C=O) groups is 2. The van der Waals surface area contributed by atoms with Crippen LogP contribution < -0.4 is 5.32 Å². The van der Waals surface area contributed by atoms with Crippen molar-refractivity contribution in [1.82, 2.24) is 4.90 Å². The summed E-state index contributed by atoms with van der Waals surface area (Å²) >= 11 is 3.19. The monoisotopic (exact) mass is 358 g/mol. The summed E-state index contributed by atoms with van der Waals surface area (Å²) in [6, 6.07) is 13.7. The third-order valence-electron chi connectivity index (χ3n) is 3.78. The van der Waals surface area contributed by atoms with E-state index in [1.807, 2.05) is 30.5 Å². The number of benzene rings is 2. The maximum atomic E-state index is 12.6. The van der Waals surface area contributed by atoms with Crippen molar-refractivity contribution in [1.29, 1.82) is 0 Å². The number of amides is 2. The van der Waals surface area contributed by atoms with E-state index in [1.54, 1.807) is 29.8 Å². The number of nitrogens with zero attached hydrogens (tertiary/aromatic N) is 1. The number of carbonyl (C=O) groups excluding carboxylic acids is 2. The standard InChI is InChI=1S/C18H18N2O2S2/c1-20(10-12-3-6-14(23-2)7-4-12)18(22)13-5-8-16-15(9-13)19-17(21)11-24-16/h3-9H,10-11H2,1-2H3,(H,19,21). The highest BCUT2D eigenvalue weighted by Gasteiger charge is 2.19. The molecule has 1 N–H and O–H groups in total. The molecule has 2 aromatic carbocycles. The van der Waals surface area contributed by atoms with Crippen LogP contribution in [0.15, 0.2) is 52.3 Å². The number of rotatable bonds is 4. The number of anilines is 1. The molecule has 2 aromatic rings. The second kappa shape index (κ2) is 7.32. The molecule has 1 heterocycles. The molecule has 4 nitrogen and oxygen atoms in total. The Balaban J connectivity index is 1.73. The van der Waals surface area contributed by atoms with Gasteiger partial charge in [0.1, 0.15) is 0 Å². The van der Waals surface area contributed by atoms with Gasteiger partial charge in [-0.3, -0.25) is 9.59 Å². The summed E-state index contributed by atoms with van der Waals surface area (Å²) in [5.74, 6) is 0.336. The Morgan fingerprint density at radius 3 is 2.71 bits per heavy atom. The van der Waals surface area contributed by atoms with E-state index in [1.165, 1.54) is 16.7 Å². The van der Waals surface area contributed by atoms with E-state index < -0.39 is 0 Å². The minimum atomic E-state index is -0.0587. The third-order valence-corrected chi connectivity index (χ3v) is 5.60. The Hall–Kier alpha value is -1.92. The lowest BCUT2D eigenvalue weighted by Gasteiger charge is -2.20. The number of nitrogens with one attached hydrogen (secondary N) is 1. The molecule has 1 aliphatic heterocycles. The van der Waals surface area contributed by atoms with Gasteiger partial charge in [-0.25, -0.2) is 0 Å². The molecule has 2 amide bonds. The van der Waals surface area contributed by atoms with Crippen molar-refractivity contribution in [2.75, 3.05) is 24.4 Å². The molecule has 0 spiro atoms. The van der Waals surface area contributed by atoms with E-state index in [2.05, 4.69) is 17.4 Å². The zero-order valence-corrected chi connectivity index (χ0v) is 15.2. The minimum absolute atomic E-state index is 0.0284. The van der Waals surface area contributed by atoms with E-state index in [0.717, 1.165) is 16.1 Å². The Morgan fingerprint density at radius 2 is 2.00 bits per heavy atom. The van der Waals surface area contributed by atoms with Crippen LogP contribution >= 0.6 is 23.5 Å². The Bertz CT molecular complexity index is 775. The molecule has 0 saturated carbocycles. The average Bonchev–Trinajstić information content (AvgIpc) is 2.61. The number of hydrogen-bond donors (Lipinski definition) is 1. The van der Waals surface area contributed by atoms with Crippen LogP contribution in [0.25, 0.3) is 0 Å². The molecule has 0 radical (unpaired) electrons. The first-order valence-electron chi connectivity index (χ1n) is 7.52. The van der Waals surface area contributed by atoms with Crippen LogP contribution in [-0.4, -0.2) is 35.8 Å². The lowest BCUT2D eigenvalue weighted by molar-refractivity contribution is -0.113. The normalized spacial score (nSPS) is 13.2. The molecule has 0 atom stereocenters. The number of thioether (sulfide) groups is 2. The van der Waals surface area contributed by atoms with Gasteiger partial charge in [0.2, 0.25) is 5.91 Å². The molecule has 124 valence electrons. The molecule has 0 fully saturated rings. The zero-order valence-electron chi connectivity index (χ0n) is 13.5. The third kappa shape index (κ3) is 3.76. The summed E-state index contributed by atoms with van der Waals surface area (Å²) < 4.78 is 0. The minimum Gasteiger partial charge on any atom is -0.337 e. The predicted octanol–water partition coefficient (Wildman–Crippen LogP) is 3.72. The SMILES string of the molecule is CSc1ccc(CN(C)C(=O)c2ccc3c(c2)NC(=O)CS3)cc1. The van der Waals surface area contributed by atoms with Gasteiger partial charge in [0.05, 0.1) is 11.4 Å². The van der Waals surface area contributed by atoms with Crippen LogP contribution in [0.5, 0.6) is 0 Å². The first kappa shape index (κ1) is 16.9. The van der Waals surface area contributed by atoms with Gasteiger partial charge in [-0.2, -0.15) is 0 Å². The van der Waals surface area contributed by atoms with Crippen molar-refractivity contribution in [3.05, 3.63) is 53.6 Å². The predicted molar refractivity (Wildman–Crippen MR) is 99.8 cm³/mol. The van der Waals surface area contributed by atoms with Crippen molar-refractivity contribution in [2.24, 2.45) is 0 Å². The maximum absolute atomic E-state index is 12.6. The smallest absolute Gasteiger partial charge is 0.253 e. The summed E-state index contributed by atoms with van der Waals surface area (Å²) in [4.78, 5) is 28.0. The van der Waals surface area contributed by atoms with E-state index in [9.17, 15) is 9.59 Å². The Morgan fingerprint density at radius 1 is 1.25 bits per heavy atom. The first-order valence-corrected chi connectivity index (χ1v) is 9.73. The molecule has 6 heteroatoms. The second-order valence-electron chi connectivity index (χ2n) is 5.56. The summed E-state index contributed by atoms with van der Waals surface area (Å²) in [7, 11) is 1.79. The van der Waals surface area contributed by atoms with Crippen molar-refractivity contribution in [3.8, 4) is 0 Å². The molecule has 0 unspecified atom stereocenters. The molecular formula is C18H18N2O2S2. The number of fused-ring (bicyclic) bond motifs is 1. The van der Waals surface area contributed by atoms with Gasteiger partial charge in [0.15, 0.2) is 0 Å². The van der Waals surface area contributed by atoms with E-state index in [4.69, 9.17) is 0 Å². The Kier molecular flexibility index (Phi) is 5.16. The summed E-state index contributed by atoms with van der Waals surface area (Å²) in [6.07, 6.45) is 2.04. The fraction of sp³-hybridized carbons (Fsp3) is 0.222. The topological polar surface area (TPSA) is 49.4 Å². The van der Waals surface area contributed by atoms with E-state index in [-0.39, 0.29) is 11.8 Å². The lowest BCUT2D eigenvalue weighted by Crippen LogP contribution is -2.26. The average molecular weight is 358 g/mol. The van der Waals surface area contributed by atoms with Crippen LogP contribution in [0.1, 0.15) is 15.9 Å². The van der Waals surface area contributed by atoms with Crippen molar-refractivity contribution in [2.45, 2.75) is 16.3 Å². The molecule has 0 saturated heterocycles. The van der Waals surface area contributed by atoms with Crippen molar-refractivity contribution >= 4 is 41.0 Å². The van der Waals surface area contributed by atoms with Gasteiger partial charge in [0.25, 0.3) is 5.91 Å². The van der Waals surface area contributed by atoms with Crippen LogP contribution in [-0.2, 0) is 11.3 Å². The van der Waals surface area contributed by atoms with E-state index in [0.29, 0.717) is 17.9 Å². The summed E-state index contributed by atoms with van der Waals surface area (Å²) in [5.41, 5.74) is 2.39. The zero-order chi connectivity index (χ0) is 17.1. The molecular weight excluding hydrogens is 340 g/mol. The highest BCUT2D eigenvalue weighted by atomic mass is 32.2. The van der Waals surface area contributed by atoms with Gasteiger partial charge in [-0.15, -0.1) is 23.5 Å². The highest BCUT2D eigenvalue weighted by molar-refractivity contribution is 8.00. The second-order valence-corrected chi connectivity index (χ2v) is 7.45. The largest absolute Gasteiger partial charge is 0.337 e. The molecule has 1 aliphatic rings. The summed E-state index contributed by atoms with van der Waals surface area (Å²) in [6.45, 7) is 0.547. The lowest BCUT2D eigenvalue weighted by atomic mass is 10.1. The van der Waals surface area contributed by atoms with Gasteiger partial charge in [0, 0.05) is 28.9 Å². The molecule has 3 rings (SSSR count). The van der Waals surface area contributed by atoms with Crippen molar-refractivity contribution in [3.63, 3.8) is 0 Å². The van der Waals surface area contributed by atoms with Crippen molar-refractivity contribution < 1.29 is 9.59 Å². The van der Waals surface area contributed by atoms with Crippen LogP contribution in [0.2, 0.25) is 0 Å². The number of hydrogen-bond acceptors (Lipinski definition) is 4. The Labute approximate surface area is 150 Å². The fourth-order valence-electron chi connectivity index (χ4n) is 2.51.